The molecule has 0 saturated carbocycles. The van der Waals surface area contributed by atoms with Crippen molar-refractivity contribution in [1.29, 1.82) is 0 Å². The van der Waals surface area contributed by atoms with Crippen LogP contribution in [0.4, 0.5) is 10.5 Å². The maximum Gasteiger partial charge on any atom is 0.321 e. The monoisotopic (exact) mass is 445 g/mol. The van der Waals surface area contributed by atoms with Crippen molar-refractivity contribution < 1.29 is 9.59 Å². The lowest BCUT2D eigenvalue weighted by Gasteiger charge is -2.34. The summed E-state index contributed by atoms with van der Waals surface area (Å²) in [6.07, 6.45) is 1.61. The quantitative estimate of drug-likeness (QED) is 0.633. The van der Waals surface area contributed by atoms with Crippen molar-refractivity contribution in [2.45, 2.75) is 33.2 Å². The third kappa shape index (κ3) is 5.08. The second-order valence-electron chi connectivity index (χ2n) is 8.67. The Morgan fingerprint density at radius 2 is 1.73 bits per heavy atom. The SMILES string of the molecule is Cc1nn(-c2ccccc2)c(C)c1CN(C)C(=O)[C@H]1CCCN(C(=O)Nc2ccccc2)C1. The van der Waals surface area contributed by atoms with E-state index < -0.39 is 0 Å². The first-order valence-corrected chi connectivity index (χ1v) is 11.4. The normalized spacial score (nSPS) is 15.8. The van der Waals surface area contributed by atoms with E-state index in [1.54, 1.807) is 9.80 Å². The van der Waals surface area contributed by atoms with Crippen LogP contribution in [0.5, 0.6) is 0 Å². The highest BCUT2D eigenvalue weighted by molar-refractivity contribution is 5.90. The molecule has 0 spiro atoms. The van der Waals surface area contributed by atoms with Crippen molar-refractivity contribution in [2.75, 3.05) is 25.5 Å². The molecule has 3 amide bonds. The summed E-state index contributed by atoms with van der Waals surface area (Å²) >= 11 is 0. The smallest absolute Gasteiger partial charge is 0.321 e. The molecule has 33 heavy (non-hydrogen) atoms. The largest absolute Gasteiger partial charge is 0.341 e. The second-order valence-corrected chi connectivity index (χ2v) is 8.67. The number of carbonyl (C=O) groups is 2. The molecule has 1 aromatic heterocycles. The number of hydrogen-bond donors (Lipinski definition) is 1. The van der Waals surface area contributed by atoms with Crippen molar-refractivity contribution in [3.8, 4) is 5.69 Å². The van der Waals surface area contributed by atoms with Crippen LogP contribution in [0, 0.1) is 19.8 Å². The van der Waals surface area contributed by atoms with Gasteiger partial charge in [0.15, 0.2) is 0 Å². The number of urea groups is 1. The van der Waals surface area contributed by atoms with Gasteiger partial charge in [-0.15, -0.1) is 0 Å². The highest BCUT2D eigenvalue weighted by atomic mass is 16.2. The first-order valence-electron chi connectivity index (χ1n) is 11.4. The third-order valence-corrected chi connectivity index (χ3v) is 6.30. The summed E-state index contributed by atoms with van der Waals surface area (Å²) in [5.74, 6) is -0.131. The number of benzene rings is 2. The minimum Gasteiger partial charge on any atom is -0.341 e. The predicted molar refractivity (Wildman–Crippen MR) is 129 cm³/mol. The molecule has 1 saturated heterocycles. The van der Waals surface area contributed by atoms with Gasteiger partial charge in [-0.25, -0.2) is 9.48 Å². The Balaban J connectivity index is 1.41. The lowest BCUT2D eigenvalue weighted by atomic mass is 9.96. The fourth-order valence-electron chi connectivity index (χ4n) is 4.44. The number of hydrogen-bond acceptors (Lipinski definition) is 3. The van der Waals surface area contributed by atoms with Crippen LogP contribution >= 0.6 is 0 Å². The number of aryl methyl sites for hydroxylation is 1. The Morgan fingerprint density at radius 1 is 1.06 bits per heavy atom. The van der Waals surface area contributed by atoms with Gasteiger partial charge in [-0.3, -0.25) is 4.79 Å². The Kier molecular flexibility index (Phi) is 6.77. The van der Waals surface area contributed by atoms with Gasteiger partial charge in [0.25, 0.3) is 0 Å². The van der Waals surface area contributed by atoms with E-state index in [2.05, 4.69) is 5.32 Å². The van der Waals surface area contributed by atoms with Gasteiger partial charge < -0.3 is 15.1 Å². The molecular weight excluding hydrogens is 414 g/mol. The summed E-state index contributed by atoms with van der Waals surface area (Å²) in [6, 6.07) is 19.3. The van der Waals surface area contributed by atoms with Crippen LogP contribution in [-0.4, -0.2) is 51.7 Å². The Morgan fingerprint density at radius 3 is 2.42 bits per heavy atom. The van der Waals surface area contributed by atoms with Crippen molar-refractivity contribution in [3.63, 3.8) is 0 Å². The van der Waals surface area contributed by atoms with E-state index in [-0.39, 0.29) is 17.9 Å². The molecule has 7 heteroatoms. The molecule has 1 fully saturated rings. The zero-order valence-electron chi connectivity index (χ0n) is 19.5. The number of para-hydroxylation sites is 2. The highest BCUT2D eigenvalue weighted by Gasteiger charge is 2.31. The van der Waals surface area contributed by atoms with Gasteiger partial charge in [0, 0.05) is 43.6 Å². The molecule has 1 aliphatic rings. The number of nitrogens with one attached hydrogen (secondary N) is 1. The van der Waals surface area contributed by atoms with Crippen LogP contribution in [0.2, 0.25) is 0 Å². The number of rotatable bonds is 5. The molecular formula is C26H31N5O2. The van der Waals surface area contributed by atoms with Crippen molar-refractivity contribution in [2.24, 2.45) is 5.92 Å². The Labute approximate surface area is 195 Å². The van der Waals surface area contributed by atoms with Gasteiger partial charge in [0.1, 0.15) is 0 Å². The summed E-state index contributed by atoms with van der Waals surface area (Å²) in [5, 5.41) is 7.62. The van der Waals surface area contributed by atoms with Gasteiger partial charge in [-0.2, -0.15) is 5.10 Å². The molecule has 1 N–H and O–H groups in total. The molecule has 0 aliphatic carbocycles. The van der Waals surface area contributed by atoms with E-state index in [9.17, 15) is 9.59 Å². The number of amides is 3. The van der Waals surface area contributed by atoms with E-state index in [4.69, 9.17) is 5.10 Å². The van der Waals surface area contributed by atoms with Gasteiger partial charge >= 0.3 is 6.03 Å². The molecule has 4 rings (SSSR count). The number of nitrogens with zero attached hydrogens (tertiary/aromatic N) is 4. The average Bonchev–Trinajstić information content (AvgIpc) is 3.13. The number of carbonyl (C=O) groups excluding carboxylic acids is 2. The number of anilines is 1. The van der Waals surface area contributed by atoms with Gasteiger partial charge in [0.05, 0.1) is 17.3 Å². The summed E-state index contributed by atoms with van der Waals surface area (Å²) in [7, 11) is 1.84. The fourth-order valence-corrected chi connectivity index (χ4v) is 4.44. The molecule has 0 radical (unpaired) electrons. The van der Waals surface area contributed by atoms with Crippen LogP contribution in [0.25, 0.3) is 5.69 Å². The highest BCUT2D eigenvalue weighted by Crippen LogP contribution is 2.23. The summed E-state index contributed by atoms with van der Waals surface area (Å²) in [5.41, 5.74) is 4.78. The first kappa shape index (κ1) is 22.6. The molecule has 1 atom stereocenters. The van der Waals surface area contributed by atoms with Crippen LogP contribution in [0.15, 0.2) is 60.7 Å². The zero-order chi connectivity index (χ0) is 23.4. The van der Waals surface area contributed by atoms with Crippen molar-refractivity contribution >= 4 is 17.6 Å². The molecule has 2 aromatic carbocycles. The zero-order valence-corrected chi connectivity index (χ0v) is 19.5. The van der Waals surface area contributed by atoms with E-state index in [1.165, 1.54) is 0 Å². The van der Waals surface area contributed by atoms with Gasteiger partial charge in [-0.05, 0) is 51.0 Å². The van der Waals surface area contributed by atoms with E-state index in [1.807, 2.05) is 86.2 Å². The second kappa shape index (κ2) is 9.90. The van der Waals surface area contributed by atoms with Crippen molar-refractivity contribution in [3.05, 3.63) is 77.6 Å². The summed E-state index contributed by atoms with van der Waals surface area (Å²) in [6.45, 7) is 5.61. The third-order valence-electron chi connectivity index (χ3n) is 6.30. The molecule has 172 valence electrons. The lowest BCUT2D eigenvalue weighted by molar-refractivity contribution is -0.136. The van der Waals surface area contributed by atoms with Crippen LogP contribution < -0.4 is 5.32 Å². The Bertz CT molecular complexity index is 1110. The topological polar surface area (TPSA) is 70.5 Å². The van der Waals surface area contributed by atoms with Crippen LogP contribution in [-0.2, 0) is 11.3 Å². The summed E-state index contributed by atoms with van der Waals surface area (Å²) < 4.78 is 1.93. The molecule has 2 heterocycles. The maximum atomic E-state index is 13.3. The first-order chi connectivity index (χ1) is 15.9. The van der Waals surface area contributed by atoms with Crippen molar-refractivity contribution in [1.82, 2.24) is 19.6 Å². The minimum atomic E-state index is -0.199. The predicted octanol–water partition coefficient (Wildman–Crippen LogP) is 4.39. The van der Waals surface area contributed by atoms with Gasteiger partial charge in [-0.1, -0.05) is 36.4 Å². The fraction of sp³-hybridized carbons (Fsp3) is 0.346. The maximum absolute atomic E-state index is 13.3. The van der Waals surface area contributed by atoms with Crippen LogP contribution in [0.3, 0.4) is 0 Å². The molecule has 1 aliphatic heterocycles. The summed E-state index contributed by atoms with van der Waals surface area (Å²) in [4.78, 5) is 29.5. The average molecular weight is 446 g/mol. The lowest BCUT2D eigenvalue weighted by Crippen LogP contribution is -2.47. The number of piperidine rings is 1. The number of likely N-dealkylation sites (tertiary alicyclic amines) is 1. The van der Waals surface area contributed by atoms with Crippen LogP contribution in [0.1, 0.15) is 29.8 Å². The Hall–Kier alpha value is -3.61. The molecule has 3 aromatic rings. The van der Waals surface area contributed by atoms with E-state index in [0.29, 0.717) is 19.6 Å². The van der Waals surface area contributed by atoms with Gasteiger partial charge in [0.2, 0.25) is 5.91 Å². The number of aromatic nitrogens is 2. The molecule has 0 bridgehead atoms. The minimum absolute atomic E-state index is 0.0680. The molecule has 0 unspecified atom stereocenters. The molecule has 7 nitrogen and oxygen atoms in total. The van der Waals surface area contributed by atoms with E-state index >= 15 is 0 Å². The standard InChI is InChI=1S/C26H31N5O2/c1-19-24(20(2)31(28-19)23-14-8-5-9-15-23)18-29(3)25(32)21-11-10-16-30(17-21)26(33)27-22-12-6-4-7-13-22/h4-9,12-15,21H,10-11,16-18H2,1-3H3,(H,27,33)/t21-/m0/s1. The van der Waals surface area contributed by atoms with E-state index in [0.717, 1.165) is 41.2 Å².